The molecule has 20 nitrogen and oxygen atoms in total. The van der Waals surface area contributed by atoms with E-state index in [1.54, 1.807) is 6.21 Å². The van der Waals surface area contributed by atoms with E-state index in [2.05, 4.69) is 71.9 Å². The molecule has 9 rings (SSSR count). The largest absolute Gasteiger partial charge is 0.448 e. The van der Waals surface area contributed by atoms with Crippen LogP contribution in [0.15, 0.2) is 119 Å². The van der Waals surface area contributed by atoms with E-state index in [9.17, 15) is 33.6 Å². The Balaban J connectivity index is 0.000000248. The summed E-state index contributed by atoms with van der Waals surface area (Å²) in [5, 5.41) is 23.0. The number of nitrogens with zero attached hydrogens (tertiary/aromatic N) is 3. The van der Waals surface area contributed by atoms with Gasteiger partial charge in [-0.2, -0.15) is 10.2 Å². The smallest absolute Gasteiger partial charge is 0.410 e. The molecule has 0 bridgehead atoms. The second-order valence-electron chi connectivity index (χ2n) is 24.1. The lowest BCUT2D eigenvalue weighted by Crippen LogP contribution is -2.49. The first-order valence-corrected chi connectivity index (χ1v) is 32.3. The van der Waals surface area contributed by atoms with Gasteiger partial charge in [0.1, 0.15) is 24.2 Å². The summed E-state index contributed by atoms with van der Waals surface area (Å²) >= 11 is 0. The molecule has 2 aliphatic heterocycles. The summed E-state index contributed by atoms with van der Waals surface area (Å²) in [6.45, 7) is 10.6. The van der Waals surface area contributed by atoms with Gasteiger partial charge in [-0.25, -0.2) is 25.2 Å². The highest BCUT2D eigenvalue weighted by Gasteiger charge is 2.42. The topological polar surface area (TPSA) is 259 Å². The standard InChI is InChI=1S/C42H51N5O6.C27H41N5O4/c1-3-31(24-44-46-41(50)43-23-28-18-20-30(21-19-28)39(48)4-2)45-40(49)38-22-32(52-26-29-12-6-5-7-13-29)25-47(38)42(51)53-27-37-35-16-10-8-14-33(35)34-15-9-11-17-36(34)37;1-3-22(16-30-32-27(35)29-15-19-10-12-21(13-11-19)25(33)4-2)31-26(34)24-14-23(17-28-24)36-18-20-8-6-5-7-9-20/h5-17,24,28,30-32,37-38H,3-4,18-23,25-27H2,1-2H3,(H,45,49)(H2,43,46,50);5-9,16,19,21-24,28H,3-4,10-15,17-18H2,1-2H3,(H,31,34)(H2,29,32,35)/b44-24+;30-16+/t28?,30?,31-,32+,38-;19?,21?,22-,23+,24-/m00/s1. The number of carbonyl (C=O) groups is 7. The zero-order valence-corrected chi connectivity index (χ0v) is 52.2. The van der Waals surface area contributed by atoms with Crippen LogP contribution in [0.4, 0.5) is 14.4 Å². The predicted octanol–water partition coefficient (Wildman–Crippen LogP) is 9.46. The molecule has 6 atom stereocenters. The first kappa shape index (κ1) is 67.1. The van der Waals surface area contributed by atoms with E-state index >= 15 is 0 Å². The molecule has 2 saturated heterocycles. The number of nitrogens with one attached hydrogen (secondary N) is 7. The van der Waals surface area contributed by atoms with E-state index in [0.717, 1.165) is 84.7 Å². The van der Waals surface area contributed by atoms with Crippen molar-refractivity contribution in [3.05, 3.63) is 131 Å². The van der Waals surface area contributed by atoms with E-state index in [-0.39, 0.29) is 73.0 Å². The van der Waals surface area contributed by atoms with Crippen molar-refractivity contribution in [3.63, 3.8) is 0 Å². The number of benzene rings is 4. The molecule has 2 heterocycles. The van der Waals surface area contributed by atoms with Crippen molar-refractivity contribution in [2.75, 3.05) is 32.8 Å². The summed E-state index contributed by atoms with van der Waals surface area (Å²) in [5.74, 6) is 1.20. The number of amides is 7. The van der Waals surface area contributed by atoms with E-state index < -0.39 is 24.2 Å². The Bertz CT molecular complexity index is 2960. The predicted molar refractivity (Wildman–Crippen MR) is 343 cm³/mol. The minimum Gasteiger partial charge on any atom is -0.448 e. The average Bonchev–Trinajstić information content (AvgIpc) is 2.09. The van der Waals surface area contributed by atoms with Crippen molar-refractivity contribution >= 4 is 54.0 Å². The molecule has 3 aliphatic carbocycles. The van der Waals surface area contributed by atoms with Gasteiger partial charge in [-0.1, -0.05) is 137 Å². The van der Waals surface area contributed by atoms with Gasteiger partial charge in [0.2, 0.25) is 11.8 Å². The summed E-state index contributed by atoms with van der Waals surface area (Å²) in [4.78, 5) is 90.1. The second-order valence-corrected chi connectivity index (χ2v) is 24.1. The molecule has 2 saturated carbocycles. The third-order valence-electron chi connectivity index (χ3n) is 18.0. The van der Waals surface area contributed by atoms with Gasteiger partial charge < -0.3 is 40.8 Å². The van der Waals surface area contributed by atoms with Gasteiger partial charge in [-0.15, -0.1) is 0 Å². The highest BCUT2D eigenvalue weighted by atomic mass is 16.6. The van der Waals surface area contributed by atoms with Crippen molar-refractivity contribution in [3.8, 4) is 11.1 Å². The van der Waals surface area contributed by atoms with Crippen LogP contribution >= 0.6 is 0 Å². The number of fused-ring (bicyclic) bond motifs is 3. The molecular formula is C69H92N10O10. The van der Waals surface area contributed by atoms with Crippen LogP contribution in [0.3, 0.4) is 0 Å². The summed E-state index contributed by atoms with van der Waals surface area (Å²) in [6, 6.07) is 33.4. The molecule has 5 aliphatic rings. The lowest BCUT2D eigenvalue weighted by Gasteiger charge is -2.27. The van der Waals surface area contributed by atoms with Gasteiger partial charge in [-0.05, 0) is 116 Å². The third kappa shape index (κ3) is 20.1. The molecule has 0 unspecified atom stereocenters. The maximum absolute atomic E-state index is 13.8. The highest BCUT2D eigenvalue weighted by molar-refractivity contribution is 5.89. The Kier molecular flexibility index (Phi) is 26.3. The molecule has 7 amide bonds. The number of hydrogen-bond acceptors (Lipinski definition) is 13. The zero-order valence-electron chi connectivity index (χ0n) is 52.2. The lowest BCUT2D eigenvalue weighted by molar-refractivity contribution is -0.125. The lowest BCUT2D eigenvalue weighted by atomic mass is 9.79. The van der Waals surface area contributed by atoms with Gasteiger partial charge in [-0.3, -0.25) is 24.1 Å². The number of Topliss-reactive ketones (excluding diaryl/α,β-unsaturated/α-hetero) is 2. The third-order valence-corrected chi connectivity index (χ3v) is 18.0. The van der Waals surface area contributed by atoms with Crippen LogP contribution in [0.25, 0.3) is 11.1 Å². The van der Waals surface area contributed by atoms with Crippen molar-refractivity contribution in [2.24, 2.45) is 33.9 Å². The molecule has 20 heteroatoms. The summed E-state index contributed by atoms with van der Waals surface area (Å²) in [6.07, 6.45) is 12.7. The van der Waals surface area contributed by atoms with Crippen LogP contribution in [0.1, 0.15) is 146 Å². The van der Waals surface area contributed by atoms with Crippen LogP contribution in [-0.2, 0) is 46.6 Å². The summed E-state index contributed by atoms with van der Waals surface area (Å²) in [7, 11) is 0. The Hall–Kier alpha value is -7.81. The number of hydrazone groups is 2. The van der Waals surface area contributed by atoms with Crippen LogP contribution in [0, 0.1) is 23.7 Å². The number of hydrogen-bond donors (Lipinski definition) is 7. The maximum Gasteiger partial charge on any atom is 0.410 e. The number of urea groups is 2. The van der Waals surface area contributed by atoms with Gasteiger partial charge >= 0.3 is 18.2 Å². The van der Waals surface area contributed by atoms with Crippen LogP contribution in [-0.4, -0.2) is 128 Å². The van der Waals surface area contributed by atoms with Gasteiger partial charge in [0.15, 0.2) is 0 Å². The molecular weight excluding hydrogens is 1130 g/mol. The Morgan fingerprint density at radius 3 is 1.52 bits per heavy atom. The van der Waals surface area contributed by atoms with Crippen molar-refractivity contribution < 1.29 is 47.8 Å². The van der Waals surface area contributed by atoms with E-state index in [1.807, 2.05) is 113 Å². The quantitative estimate of drug-likeness (QED) is 0.0230. The van der Waals surface area contributed by atoms with Crippen LogP contribution in [0.2, 0.25) is 0 Å². The fourth-order valence-electron chi connectivity index (χ4n) is 12.6. The molecule has 4 aromatic rings. The number of rotatable bonds is 26. The SMILES string of the molecule is CCC(=O)C1CCC(CNC(=O)N/N=C/[C@H](CC)NC(=O)[C@@H]2C[C@@H](OCc3ccccc3)CN2)CC1.CCC(=O)C1CCC(CNC(=O)N/N=C/[C@H](CC)NC(=O)[C@@H]2C[C@@H](OCc3ccccc3)CN2C(=O)OCC2c3ccccc3-c3ccccc32)CC1. The van der Waals surface area contributed by atoms with Crippen molar-refractivity contribution in [2.45, 2.75) is 173 Å². The van der Waals surface area contributed by atoms with E-state index in [4.69, 9.17) is 14.2 Å². The van der Waals surface area contributed by atoms with E-state index in [1.165, 1.54) is 11.1 Å². The first-order valence-electron chi connectivity index (χ1n) is 32.3. The molecule has 478 valence electrons. The van der Waals surface area contributed by atoms with Crippen LogP contribution < -0.4 is 37.4 Å². The highest BCUT2D eigenvalue weighted by Crippen LogP contribution is 2.45. The summed E-state index contributed by atoms with van der Waals surface area (Å²) in [5.41, 5.74) is 11.6. The Labute approximate surface area is 524 Å². The van der Waals surface area contributed by atoms with Crippen molar-refractivity contribution in [1.29, 1.82) is 0 Å². The van der Waals surface area contributed by atoms with Crippen molar-refractivity contribution in [1.82, 2.24) is 42.3 Å². The van der Waals surface area contributed by atoms with Gasteiger partial charge in [0.25, 0.3) is 0 Å². The monoisotopic (exact) mass is 1220 g/mol. The molecule has 4 aromatic carbocycles. The van der Waals surface area contributed by atoms with Crippen LogP contribution in [0.5, 0.6) is 0 Å². The molecule has 7 N–H and O–H groups in total. The fraction of sp³-hybridized carbons (Fsp3) is 0.522. The number of ether oxygens (including phenoxy) is 3. The van der Waals surface area contributed by atoms with E-state index in [0.29, 0.717) is 94.8 Å². The average molecular weight is 1220 g/mol. The molecule has 89 heavy (non-hydrogen) atoms. The number of ketones is 2. The Morgan fingerprint density at radius 2 is 1.03 bits per heavy atom. The zero-order chi connectivity index (χ0) is 62.9. The second kappa shape index (κ2) is 34.8. The maximum atomic E-state index is 13.8. The molecule has 0 radical (unpaired) electrons. The minimum absolute atomic E-state index is 0.0118. The molecule has 0 spiro atoms. The fourth-order valence-corrected chi connectivity index (χ4v) is 12.6. The first-order chi connectivity index (χ1) is 43.3. The molecule has 4 fully saturated rings. The van der Waals surface area contributed by atoms with Gasteiger partial charge in [0.05, 0.1) is 50.1 Å². The number of likely N-dealkylation sites (tertiary alicyclic amines) is 1. The van der Waals surface area contributed by atoms with Gasteiger partial charge in [0, 0.05) is 69.1 Å². The number of carbonyl (C=O) groups excluding carboxylic acids is 7. The normalized spacial score (nSPS) is 22.8. The summed E-state index contributed by atoms with van der Waals surface area (Å²) < 4.78 is 18.1. The minimum atomic E-state index is -0.812. The molecule has 0 aromatic heterocycles. The Morgan fingerprint density at radius 1 is 0.573 bits per heavy atom.